The van der Waals surface area contributed by atoms with E-state index >= 15 is 0 Å². The lowest BCUT2D eigenvalue weighted by Gasteiger charge is -2.13. The van der Waals surface area contributed by atoms with Crippen molar-refractivity contribution in [2.75, 3.05) is 18.5 Å². The quantitative estimate of drug-likeness (QED) is 0.760. The normalized spacial score (nSPS) is 12.0. The van der Waals surface area contributed by atoms with Gasteiger partial charge in [0.1, 0.15) is 11.9 Å². The number of esters is 1. The minimum absolute atomic E-state index is 0.294. The number of nitrogens with one attached hydrogen (secondary N) is 1. The number of hydrogen-bond donors (Lipinski definition) is 2. The summed E-state index contributed by atoms with van der Waals surface area (Å²) in [5.74, 6) is -0.701. The Morgan fingerprint density at radius 2 is 2.28 bits per heavy atom. The van der Waals surface area contributed by atoms with Crippen molar-refractivity contribution in [1.29, 1.82) is 0 Å². The lowest BCUT2D eigenvalue weighted by Crippen LogP contribution is -2.34. The van der Waals surface area contributed by atoms with E-state index in [9.17, 15) is 9.18 Å². The van der Waals surface area contributed by atoms with Crippen LogP contribution in [-0.2, 0) is 9.53 Å². The van der Waals surface area contributed by atoms with Crippen LogP contribution in [0.5, 0.6) is 0 Å². The second kappa shape index (κ2) is 6.96. The van der Waals surface area contributed by atoms with Crippen molar-refractivity contribution in [3.63, 3.8) is 0 Å². The number of hydrogen-bond acceptors (Lipinski definition) is 4. The van der Waals surface area contributed by atoms with Gasteiger partial charge in [-0.3, -0.25) is 4.79 Å². The fourth-order valence-electron chi connectivity index (χ4n) is 1.51. The predicted octanol–water partition coefficient (Wildman–Crippen LogP) is 1.83. The maximum atomic E-state index is 13.0. The largest absolute Gasteiger partial charge is 0.465 e. The lowest BCUT2D eigenvalue weighted by molar-refractivity contribution is -0.144. The summed E-state index contributed by atoms with van der Waals surface area (Å²) in [5.41, 5.74) is 7.31. The summed E-state index contributed by atoms with van der Waals surface area (Å²) in [5, 5.41) is 3.05. The van der Waals surface area contributed by atoms with Gasteiger partial charge in [-0.15, -0.1) is 0 Å². The van der Waals surface area contributed by atoms with Crippen molar-refractivity contribution >= 4 is 11.7 Å². The zero-order valence-corrected chi connectivity index (χ0v) is 10.7. The van der Waals surface area contributed by atoms with Crippen LogP contribution < -0.4 is 11.1 Å². The van der Waals surface area contributed by atoms with Crippen molar-refractivity contribution in [2.45, 2.75) is 26.3 Å². The van der Waals surface area contributed by atoms with E-state index in [-0.39, 0.29) is 5.82 Å². The first-order valence-electron chi connectivity index (χ1n) is 5.96. The number of halogens is 1. The van der Waals surface area contributed by atoms with Crippen LogP contribution in [0.15, 0.2) is 18.2 Å². The highest BCUT2D eigenvalue weighted by molar-refractivity contribution is 5.75. The van der Waals surface area contributed by atoms with Crippen LogP contribution >= 0.6 is 0 Å². The molecule has 0 aromatic heterocycles. The zero-order chi connectivity index (χ0) is 13.5. The molecule has 1 aromatic rings. The van der Waals surface area contributed by atoms with Gasteiger partial charge in [0.05, 0.1) is 6.61 Å². The molecule has 0 bridgehead atoms. The van der Waals surface area contributed by atoms with Crippen molar-refractivity contribution < 1.29 is 13.9 Å². The summed E-state index contributed by atoms with van der Waals surface area (Å²) in [6, 6.07) is 3.88. The van der Waals surface area contributed by atoms with E-state index in [0.717, 1.165) is 5.56 Å². The highest BCUT2D eigenvalue weighted by Gasteiger charge is 2.13. The van der Waals surface area contributed by atoms with Gasteiger partial charge in [-0.2, -0.15) is 0 Å². The summed E-state index contributed by atoms with van der Waals surface area (Å²) in [4.78, 5) is 11.3. The average Bonchev–Trinajstić information content (AvgIpc) is 2.33. The number of nitrogens with two attached hydrogens (primary N) is 1. The number of rotatable bonds is 6. The third-order valence-electron chi connectivity index (χ3n) is 2.56. The molecule has 100 valence electrons. The number of aryl methyl sites for hydroxylation is 1. The van der Waals surface area contributed by atoms with Gasteiger partial charge in [0, 0.05) is 12.2 Å². The third kappa shape index (κ3) is 4.33. The fourth-order valence-corrected chi connectivity index (χ4v) is 1.51. The van der Waals surface area contributed by atoms with E-state index in [2.05, 4.69) is 5.32 Å². The SMILES string of the molecule is CCOC(=O)C(N)CCNc1cc(F)ccc1C. The first-order valence-corrected chi connectivity index (χ1v) is 5.96. The smallest absolute Gasteiger partial charge is 0.322 e. The molecular formula is C13H19FN2O2. The molecule has 4 nitrogen and oxygen atoms in total. The Bertz CT molecular complexity index is 410. The van der Waals surface area contributed by atoms with Crippen molar-refractivity contribution in [1.82, 2.24) is 0 Å². The summed E-state index contributed by atoms with van der Waals surface area (Å²) in [6.45, 7) is 4.43. The molecule has 0 amide bonds. The Labute approximate surface area is 106 Å². The molecular weight excluding hydrogens is 235 g/mol. The van der Waals surface area contributed by atoms with Gasteiger partial charge in [-0.1, -0.05) is 6.07 Å². The minimum Gasteiger partial charge on any atom is -0.465 e. The molecule has 5 heteroatoms. The predicted molar refractivity (Wildman–Crippen MR) is 68.9 cm³/mol. The molecule has 0 aliphatic heterocycles. The van der Waals surface area contributed by atoms with Gasteiger partial charge in [0.15, 0.2) is 0 Å². The Morgan fingerprint density at radius 3 is 2.94 bits per heavy atom. The highest BCUT2D eigenvalue weighted by atomic mass is 19.1. The highest BCUT2D eigenvalue weighted by Crippen LogP contribution is 2.15. The van der Waals surface area contributed by atoms with E-state index in [1.54, 1.807) is 13.0 Å². The van der Waals surface area contributed by atoms with Crippen LogP contribution in [0.4, 0.5) is 10.1 Å². The Morgan fingerprint density at radius 1 is 1.56 bits per heavy atom. The maximum absolute atomic E-state index is 13.0. The van der Waals surface area contributed by atoms with Gasteiger partial charge in [-0.25, -0.2) is 4.39 Å². The van der Waals surface area contributed by atoms with E-state index in [0.29, 0.717) is 25.3 Å². The van der Waals surface area contributed by atoms with Gasteiger partial charge >= 0.3 is 5.97 Å². The summed E-state index contributed by atoms with van der Waals surface area (Å²) in [7, 11) is 0. The fraction of sp³-hybridized carbons (Fsp3) is 0.462. The van der Waals surface area contributed by atoms with Crippen LogP contribution in [0.2, 0.25) is 0 Å². The van der Waals surface area contributed by atoms with E-state index in [1.807, 2.05) is 6.92 Å². The van der Waals surface area contributed by atoms with E-state index < -0.39 is 12.0 Å². The molecule has 0 saturated carbocycles. The van der Waals surface area contributed by atoms with Gasteiger partial charge in [0.2, 0.25) is 0 Å². The molecule has 0 spiro atoms. The summed E-state index contributed by atoms with van der Waals surface area (Å²) < 4.78 is 17.8. The molecule has 1 atom stereocenters. The standard InChI is InChI=1S/C13H19FN2O2/c1-3-18-13(17)11(15)6-7-16-12-8-10(14)5-4-9(12)2/h4-5,8,11,16H,3,6-7,15H2,1-2H3. The van der Waals surface area contributed by atoms with Crippen molar-refractivity contribution in [3.8, 4) is 0 Å². The van der Waals surface area contributed by atoms with Crippen LogP contribution in [-0.4, -0.2) is 25.2 Å². The molecule has 0 saturated heterocycles. The summed E-state index contributed by atoms with van der Waals surface area (Å²) in [6.07, 6.45) is 0.439. The van der Waals surface area contributed by atoms with Gasteiger partial charge < -0.3 is 15.8 Å². The van der Waals surface area contributed by atoms with Gasteiger partial charge in [0.25, 0.3) is 0 Å². The Kier molecular flexibility index (Phi) is 5.58. The van der Waals surface area contributed by atoms with Crippen molar-refractivity contribution in [2.24, 2.45) is 5.73 Å². The third-order valence-corrected chi connectivity index (χ3v) is 2.56. The van der Waals surface area contributed by atoms with Crippen LogP contribution in [0.1, 0.15) is 18.9 Å². The summed E-state index contributed by atoms with van der Waals surface area (Å²) >= 11 is 0. The van der Waals surface area contributed by atoms with Crippen molar-refractivity contribution in [3.05, 3.63) is 29.6 Å². The molecule has 1 unspecified atom stereocenters. The average molecular weight is 254 g/mol. The molecule has 18 heavy (non-hydrogen) atoms. The molecule has 0 aliphatic carbocycles. The van der Waals surface area contributed by atoms with Crippen LogP contribution in [0, 0.1) is 12.7 Å². The topological polar surface area (TPSA) is 64.3 Å². The Balaban J connectivity index is 2.41. The number of carbonyl (C=O) groups is 1. The minimum atomic E-state index is -0.647. The van der Waals surface area contributed by atoms with E-state index in [4.69, 9.17) is 10.5 Å². The lowest BCUT2D eigenvalue weighted by atomic mass is 10.2. The van der Waals surface area contributed by atoms with Crippen LogP contribution in [0.3, 0.4) is 0 Å². The monoisotopic (exact) mass is 254 g/mol. The molecule has 0 radical (unpaired) electrons. The first-order chi connectivity index (χ1) is 8.54. The molecule has 1 aromatic carbocycles. The molecule has 1 rings (SSSR count). The van der Waals surface area contributed by atoms with Crippen LogP contribution in [0.25, 0.3) is 0 Å². The van der Waals surface area contributed by atoms with Gasteiger partial charge in [-0.05, 0) is 38.0 Å². The number of ether oxygens (including phenoxy) is 1. The number of anilines is 1. The molecule has 0 fully saturated rings. The zero-order valence-electron chi connectivity index (χ0n) is 10.7. The van der Waals surface area contributed by atoms with E-state index in [1.165, 1.54) is 12.1 Å². The second-order valence-electron chi connectivity index (χ2n) is 4.03. The number of carbonyl (C=O) groups excluding carboxylic acids is 1. The molecule has 0 aliphatic rings. The first kappa shape index (κ1) is 14.4. The number of benzene rings is 1. The molecule has 0 heterocycles. The maximum Gasteiger partial charge on any atom is 0.322 e. The molecule has 3 N–H and O–H groups in total. The second-order valence-corrected chi connectivity index (χ2v) is 4.03. The Hall–Kier alpha value is -1.62.